The number of nitrogens with zero attached hydrogens (tertiary/aromatic N) is 1. The molecule has 0 saturated carbocycles. The number of allylic oxidation sites excluding steroid dienone is 3. The maximum atomic E-state index is 8.52. The summed E-state index contributed by atoms with van der Waals surface area (Å²) in [6, 6.07) is 14.1. The van der Waals surface area contributed by atoms with E-state index in [1.165, 1.54) is 11.1 Å². The molecule has 0 amide bonds. The number of hydrogen-bond donors (Lipinski definition) is 1. The van der Waals surface area contributed by atoms with E-state index in [0.29, 0.717) is 0 Å². The van der Waals surface area contributed by atoms with E-state index in [9.17, 15) is 0 Å². The largest absolute Gasteiger partial charge is 0.411 e. The summed E-state index contributed by atoms with van der Waals surface area (Å²) in [4.78, 5) is 1.19. The number of oxime groups is 1. The van der Waals surface area contributed by atoms with Crippen molar-refractivity contribution < 1.29 is 5.21 Å². The molecule has 1 N–H and O–H groups in total. The third-order valence-corrected chi connectivity index (χ3v) is 3.24. The molecule has 0 saturated heterocycles. The van der Waals surface area contributed by atoms with Crippen LogP contribution in [0.1, 0.15) is 10.4 Å². The highest BCUT2D eigenvalue weighted by Crippen LogP contribution is 2.18. The van der Waals surface area contributed by atoms with Crippen molar-refractivity contribution in [3.05, 3.63) is 70.4 Å². The molecule has 0 atom stereocenters. The van der Waals surface area contributed by atoms with Gasteiger partial charge in [0.25, 0.3) is 0 Å². The lowest BCUT2D eigenvalue weighted by Gasteiger charge is -2.00. The summed E-state index contributed by atoms with van der Waals surface area (Å²) in [6.45, 7) is 0. The van der Waals surface area contributed by atoms with Crippen LogP contribution in [0.15, 0.2) is 65.2 Å². The standard InChI is InChI=1S/C15H13NOS/c17-16-11-10-14(13-5-2-1-3-6-13)8-9-15-7-4-12-18-15/h1-12,17H/b9-8+,14-10+,16-11+. The molecule has 1 heterocycles. The Kier molecular flexibility index (Phi) is 4.50. The molecule has 2 aromatic rings. The van der Waals surface area contributed by atoms with Gasteiger partial charge >= 0.3 is 0 Å². The van der Waals surface area contributed by atoms with Crippen LogP contribution >= 0.6 is 11.3 Å². The van der Waals surface area contributed by atoms with E-state index in [1.807, 2.05) is 47.9 Å². The lowest BCUT2D eigenvalue weighted by atomic mass is 10.1. The number of hydrogen-bond acceptors (Lipinski definition) is 3. The highest BCUT2D eigenvalue weighted by molar-refractivity contribution is 7.10. The van der Waals surface area contributed by atoms with E-state index in [0.717, 1.165) is 11.1 Å². The average Bonchev–Trinajstić information content (AvgIpc) is 2.93. The van der Waals surface area contributed by atoms with E-state index >= 15 is 0 Å². The van der Waals surface area contributed by atoms with E-state index in [-0.39, 0.29) is 0 Å². The van der Waals surface area contributed by atoms with Gasteiger partial charge in [0.15, 0.2) is 0 Å². The Hall–Kier alpha value is -2.13. The molecule has 0 unspecified atom stereocenters. The number of thiophene rings is 1. The first kappa shape index (κ1) is 12.3. The van der Waals surface area contributed by atoms with Gasteiger partial charge in [0.2, 0.25) is 0 Å². The summed E-state index contributed by atoms with van der Waals surface area (Å²) < 4.78 is 0. The average molecular weight is 255 g/mol. The fourth-order valence-corrected chi connectivity index (χ4v) is 2.17. The fraction of sp³-hybridized carbons (Fsp3) is 0. The Bertz CT molecular complexity index is 553. The minimum Gasteiger partial charge on any atom is -0.411 e. The lowest BCUT2D eigenvalue weighted by molar-refractivity contribution is 0.322. The zero-order valence-corrected chi connectivity index (χ0v) is 10.5. The van der Waals surface area contributed by atoms with Gasteiger partial charge in [-0.1, -0.05) is 47.6 Å². The Labute approximate surface area is 110 Å². The topological polar surface area (TPSA) is 32.6 Å². The molecule has 0 fully saturated rings. The summed E-state index contributed by atoms with van der Waals surface area (Å²) in [5.41, 5.74) is 2.09. The van der Waals surface area contributed by atoms with Crippen LogP contribution in [-0.4, -0.2) is 11.4 Å². The second kappa shape index (κ2) is 6.57. The summed E-state index contributed by atoms with van der Waals surface area (Å²) in [5.74, 6) is 0. The molecule has 0 spiro atoms. The second-order valence-corrected chi connectivity index (χ2v) is 4.58. The first-order chi connectivity index (χ1) is 8.90. The zero-order valence-electron chi connectivity index (χ0n) is 9.73. The fourth-order valence-electron chi connectivity index (χ4n) is 1.55. The molecular formula is C15H13NOS. The van der Waals surface area contributed by atoms with Gasteiger partial charge in [-0.05, 0) is 34.7 Å². The van der Waals surface area contributed by atoms with Crippen molar-refractivity contribution in [1.29, 1.82) is 0 Å². The van der Waals surface area contributed by atoms with Gasteiger partial charge in [0.1, 0.15) is 0 Å². The predicted octanol–water partition coefficient (Wildman–Crippen LogP) is 4.30. The van der Waals surface area contributed by atoms with Gasteiger partial charge in [-0.15, -0.1) is 11.3 Å². The second-order valence-electron chi connectivity index (χ2n) is 3.60. The van der Waals surface area contributed by atoms with Crippen LogP contribution in [-0.2, 0) is 0 Å². The minimum absolute atomic E-state index is 1.00. The molecule has 3 heteroatoms. The minimum atomic E-state index is 1.00. The predicted molar refractivity (Wildman–Crippen MR) is 78.1 cm³/mol. The molecule has 2 rings (SSSR count). The molecule has 1 aromatic carbocycles. The quantitative estimate of drug-likeness (QED) is 0.375. The zero-order chi connectivity index (χ0) is 12.6. The Balaban J connectivity index is 2.27. The SMILES string of the molecule is O/N=C/C=C(\C=C\c1cccs1)c1ccccc1. The molecule has 0 bridgehead atoms. The van der Waals surface area contributed by atoms with Gasteiger partial charge in [0, 0.05) is 4.88 Å². The van der Waals surface area contributed by atoms with Gasteiger partial charge in [-0.2, -0.15) is 0 Å². The van der Waals surface area contributed by atoms with Gasteiger partial charge in [0.05, 0.1) is 6.21 Å². The summed E-state index contributed by atoms with van der Waals surface area (Å²) in [7, 11) is 0. The molecule has 90 valence electrons. The Morgan fingerprint density at radius 2 is 1.94 bits per heavy atom. The van der Waals surface area contributed by atoms with Crippen LogP contribution in [0.3, 0.4) is 0 Å². The van der Waals surface area contributed by atoms with Gasteiger partial charge < -0.3 is 5.21 Å². The lowest BCUT2D eigenvalue weighted by Crippen LogP contribution is -1.81. The van der Waals surface area contributed by atoms with Crippen molar-refractivity contribution in [3.8, 4) is 0 Å². The highest BCUT2D eigenvalue weighted by Gasteiger charge is 1.96. The van der Waals surface area contributed by atoms with Gasteiger partial charge in [-0.3, -0.25) is 0 Å². The summed E-state index contributed by atoms with van der Waals surface area (Å²) in [6.07, 6.45) is 7.22. The third kappa shape index (κ3) is 3.43. The molecule has 0 aliphatic carbocycles. The van der Waals surface area contributed by atoms with Crippen molar-refractivity contribution >= 4 is 29.2 Å². The van der Waals surface area contributed by atoms with Crippen LogP contribution < -0.4 is 0 Å². The first-order valence-corrected chi connectivity index (χ1v) is 6.43. The van der Waals surface area contributed by atoms with Crippen LogP contribution in [0.5, 0.6) is 0 Å². The van der Waals surface area contributed by atoms with Crippen molar-refractivity contribution in [2.75, 3.05) is 0 Å². The molecule has 2 nitrogen and oxygen atoms in total. The van der Waals surface area contributed by atoms with Crippen molar-refractivity contribution in [3.63, 3.8) is 0 Å². The third-order valence-electron chi connectivity index (χ3n) is 2.40. The van der Waals surface area contributed by atoms with Crippen LogP contribution in [0.2, 0.25) is 0 Å². The first-order valence-electron chi connectivity index (χ1n) is 5.55. The van der Waals surface area contributed by atoms with Crippen molar-refractivity contribution in [2.45, 2.75) is 0 Å². The molecule has 0 aliphatic rings. The van der Waals surface area contributed by atoms with E-state index in [4.69, 9.17) is 5.21 Å². The Morgan fingerprint density at radius 3 is 2.61 bits per heavy atom. The molecule has 18 heavy (non-hydrogen) atoms. The smallest absolute Gasteiger partial charge is 0.0667 e. The van der Waals surface area contributed by atoms with Crippen LogP contribution in [0.4, 0.5) is 0 Å². The summed E-state index contributed by atoms with van der Waals surface area (Å²) in [5, 5.41) is 13.6. The Morgan fingerprint density at radius 1 is 1.11 bits per heavy atom. The van der Waals surface area contributed by atoms with Crippen molar-refractivity contribution in [2.24, 2.45) is 5.16 Å². The number of benzene rings is 1. The van der Waals surface area contributed by atoms with Gasteiger partial charge in [-0.25, -0.2) is 0 Å². The molecule has 0 aliphatic heterocycles. The normalized spacial score (nSPS) is 12.6. The molecule has 1 aromatic heterocycles. The van der Waals surface area contributed by atoms with Crippen LogP contribution in [0, 0.1) is 0 Å². The van der Waals surface area contributed by atoms with E-state index < -0.39 is 0 Å². The van der Waals surface area contributed by atoms with E-state index in [1.54, 1.807) is 17.4 Å². The molecule has 0 radical (unpaired) electrons. The summed E-state index contributed by atoms with van der Waals surface area (Å²) >= 11 is 1.69. The van der Waals surface area contributed by atoms with Crippen molar-refractivity contribution in [1.82, 2.24) is 0 Å². The number of rotatable bonds is 4. The highest BCUT2D eigenvalue weighted by atomic mass is 32.1. The molecular weight excluding hydrogens is 242 g/mol. The monoisotopic (exact) mass is 255 g/mol. The maximum absolute atomic E-state index is 8.52. The maximum Gasteiger partial charge on any atom is 0.0667 e. The van der Waals surface area contributed by atoms with Crippen LogP contribution in [0.25, 0.3) is 11.6 Å². The van der Waals surface area contributed by atoms with E-state index in [2.05, 4.69) is 17.3 Å².